The molecule has 4 N–H and O–H groups in total. The summed E-state index contributed by atoms with van der Waals surface area (Å²) in [6, 6.07) is 1.65. The Morgan fingerprint density at radius 3 is 2.76 bits per heavy atom. The highest BCUT2D eigenvalue weighted by atomic mass is 35.5. The molecule has 0 atom stereocenters. The van der Waals surface area contributed by atoms with E-state index >= 15 is 0 Å². The monoisotopic (exact) mass is 255 g/mol. The van der Waals surface area contributed by atoms with E-state index in [2.05, 4.69) is 10.3 Å². The van der Waals surface area contributed by atoms with E-state index in [1.165, 1.54) is 6.42 Å². The molecular weight excluding hydrogens is 238 g/mol. The number of anilines is 2. The van der Waals surface area contributed by atoms with Crippen LogP contribution in [0.15, 0.2) is 12.3 Å². The number of nitrogen functional groups attached to an aromatic ring is 1. The van der Waals surface area contributed by atoms with Crippen LogP contribution in [-0.2, 0) is 0 Å². The van der Waals surface area contributed by atoms with Crippen LogP contribution < -0.4 is 11.1 Å². The third-order valence-electron chi connectivity index (χ3n) is 3.25. The molecule has 2 rings (SSSR count). The zero-order valence-corrected chi connectivity index (χ0v) is 10.5. The fourth-order valence-electron chi connectivity index (χ4n) is 2.24. The van der Waals surface area contributed by atoms with Crippen LogP contribution in [0.5, 0.6) is 0 Å². The number of halogens is 1. The standard InChI is InChI=1S/C12H18ClN3O/c13-9-6-10(14)11(15-7-9)16-8-12(17)4-2-1-3-5-12/h6-7,17H,1-5,8,14H2,(H,15,16). The molecule has 1 aliphatic carbocycles. The molecule has 1 saturated carbocycles. The Balaban J connectivity index is 1.97. The molecule has 1 fully saturated rings. The number of hydrogen-bond donors (Lipinski definition) is 3. The van der Waals surface area contributed by atoms with Crippen LogP contribution in [0.4, 0.5) is 11.5 Å². The molecule has 0 bridgehead atoms. The van der Waals surface area contributed by atoms with Gasteiger partial charge in [-0.05, 0) is 18.9 Å². The van der Waals surface area contributed by atoms with Gasteiger partial charge in [-0.25, -0.2) is 4.98 Å². The number of pyridine rings is 1. The zero-order chi connectivity index (χ0) is 12.3. The van der Waals surface area contributed by atoms with Gasteiger partial charge in [0.1, 0.15) is 5.82 Å². The fourth-order valence-corrected chi connectivity index (χ4v) is 2.40. The molecule has 5 heteroatoms. The molecule has 1 aliphatic rings. The Labute approximate surface area is 106 Å². The first-order chi connectivity index (χ1) is 8.09. The molecule has 0 radical (unpaired) electrons. The van der Waals surface area contributed by atoms with Crippen molar-refractivity contribution in [3.05, 3.63) is 17.3 Å². The van der Waals surface area contributed by atoms with E-state index in [-0.39, 0.29) is 0 Å². The molecule has 0 unspecified atom stereocenters. The second-order valence-corrected chi connectivity index (χ2v) is 5.17. The average Bonchev–Trinajstić information content (AvgIpc) is 2.29. The number of nitrogens with one attached hydrogen (secondary N) is 1. The molecule has 1 aromatic heterocycles. The molecular formula is C12H18ClN3O. The lowest BCUT2D eigenvalue weighted by Gasteiger charge is -2.32. The van der Waals surface area contributed by atoms with Crippen molar-refractivity contribution in [1.29, 1.82) is 0 Å². The summed E-state index contributed by atoms with van der Waals surface area (Å²) in [5.74, 6) is 0.591. The lowest BCUT2D eigenvalue weighted by Crippen LogP contribution is -2.39. The van der Waals surface area contributed by atoms with Gasteiger partial charge in [-0.2, -0.15) is 0 Å². The largest absolute Gasteiger partial charge is 0.396 e. The number of nitrogens with two attached hydrogens (primary N) is 1. The van der Waals surface area contributed by atoms with Crippen molar-refractivity contribution >= 4 is 23.1 Å². The Morgan fingerprint density at radius 1 is 1.41 bits per heavy atom. The van der Waals surface area contributed by atoms with E-state index < -0.39 is 5.60 Å². The molecule has 0 spiro atoms. The molecule has 4 nitrogen and oxygen atoms in total. The van der Waals surface area contributed by atoms with Crippen LogP contribution in [0.1, 0.15) is 32.1 Å². The second kappa shape index (κ2) is 5.10. The highest BCUT2D eigenvalue weighted by Crippen LogP contribution is 2.29. The molecule has 0 amide bonds. The molecule has 94 valence electrons. The van der Waals surface area contributed by atoms with Crippen LogP contribution in [0, 0.1) is 0 Å². The lowest BCUT2D eigenvalue weighted by molar-refractivity contribution is 0.0167. The van der Waals surface area contributed by atoms with Crippen molar-refractivity contribution in [1.82, 2.24) is 4.98 Å². The van der Waals surface area contributed by atoms with E-state index in [0.717, 1.165) is 25.7 Å². The molecule has 1 heterocycles. The van der Waals surface area contributed by atoms with Gasteiger partial charge in [-0.1, -0.05) is 30.9 Å². The summed E-state index contributed by atoms with van der Waals surface area (Å²) >= 11 is 5.77. The van der Waals surface area contributed by atoms with Gasteiger partial charge in [0.2, 0.25) is 0 Å². The van der Waals surface area contributed by atoms with E-state index in [4.69, 9.17) is 17.3 Å². The topological polar surface area (TPSA) is 71.2 Å². The van der Waals surface area contributed by atoms with Crippen molar-refractivity contribution in [3.63, 3.8) is 0 Å². The SMILES string of the molecule is Nc1cc(Cl)cnc1NCC1(O)CCCCC1. The van der Waals surface area contributed by atoms with Crippen molar-refractivity contribution < 1.29 is 5.11 Å². The van der Waals surface area contributed by atoms with Crippen LogP contribution in [-0.4, -0.2) is 22.2 Å². The number of rotatable bonds is 3. The van der Waals surface area contributed by atoms with Gasteiger partial charge in [0.25, 0.3) is 0 Å². The van der Waals surface area contributed by atoms with Crippen molar-refractivity contribution in [3.8, 4) is 0 Å². The third kappa shape index (κ3) is 3.23. The fraction of sp³-hybridized carbons (Fsp3) is 0.583. The van der Waals surface area contributed by atoms with Gasteiger partial charge in [-0.3, -0.25) is 0 Å². The summed E-state index contributed by atoms with van der Waals surface area (Å²) in [5.41, 5.74) is 5.68. The predicted octanol–water partition coefficient (Wildman–Crippen LogP) is 2.42. The molecule has 0 aromatic carbocycles. The number of aliphatic hydroxyl groups is 1. The maximum atomic E-state index is 10.3. The lowest BCUT2D eigenvalue weighted by atomic mass is 9.85. The van der Waals surface area contributed by atoms with Crippen molar-refractivity contribution in [2.75, 3.05) is 17.6 Å². The summed E-state index contributed by atoms with van der Waals surface area (Å²) in [5, 5.41) is 13.9. The normalized spacial score (nSPS) is 18.9. The average molecular weight is 256 g/mol. The number of hydrogen-bond acceptors (Lipinski definition) is 4. The predicted molar refractivity (Wildman–Crippen MR) is 70.2 cm³/mol. The second-order valence-electron chi connectivity index (χ2n) is 4.73. The smallest absolute Gasteiger partial charge is 0.149 e. The minimum atomic E-state index is -0.619. The van der Waals surface area contributed by atoms with Gasteiger partial charge < -0.3 is 16.2 Å². The van der Waals surface area contributed by atoms with Gasteiger partial charge >= 0.3 is 0 Å². The number of nitrogens with zero attached hydrogens (tertiary/aromatic N) is 1. The van der Waals surface area contributed by atoms with E-state index in [1.54, 1.807) is 12.3 Å². The van der Waals surface area contributed by atoms with Gasteiger partial charge in [0.15, 0.2) is 0 Å². The van der Waals surface area contributed by atoms with Gasteiger partial charge in [-0.15, -0.1) is 0 Å². The highest BCUT2D eigenvalue weighted by molar-refractivity contribution is 6.30. The molecule has 0 aliphatic heterocycles. The maximum Gasteiger partial charge on any atom is 0.149 e. The molecule has 17 heavy (non-hydrogen) atoms. The minimum absolute atomic E-state index is 0.492. The van der Waals surface area contributed by atoms with Crippen LogP contribution in [0.3, 0.4) is 0 Å². The summed E-state index contributed by atoms with van der Waals surface area (Å²) < 4.78 is 0. The summed E-state index contributed by atoms with van der Waals surface area (Å²) in [6.45, 7) is 0.492. The minimum Gasteiger partial charge on any atom is -0.396 e. The zero-order valence-electron chi connectivity index (χ0n) is 9.75. The van der Waals surface area contributed by atoms with E-state index in [1.807, 2.05) is 0 Å². The Bertz CT molecular complexity index is 391. The quantitative estimate of drug-likeness (QED) is 0.776. The Kier molecular flexibility index (Phi) is 3.74. The van der Waals surface area contributed by atoms with Gasteiger partial charge in [0.05, 0.1) is 16.3 Å². The Hall–Kier alpha value is -1.00. The highest BCUT2D eigenvalue weighted by Gasteiger charge is 2.28. The van der Waals surface area contributed by atoms with Crippen LogP contribution in [0.25, 0.3) is 0 Å². The Morgan fingerprint density at radius 2 is 2.12 bits per heavy atom. The van der Waals surface area contributed by atoms with Crippen LogP contribution in [0.2, 0.25) is 5.02 Å². The first kappa shape index (κ1) is 12.5. The number of aromatic nitrogens is 1. The summed E-state index contributed by atoms with van der Waals surface area (Å²) in [6.07, 6.45) is 6.61. The third-order valence-corrected chi connectivity index (χ3v) is 3.46. The van der Waals surface area contributed by atoms with E-state index in [9.17, 15) is 5.11 Å². The first-order valence-electron chi connectivity index (χ1n) is 5.96. The van der Waals surface area contributed by atoms with Crippen molar-refractivity contribution in [2.24, 2.45) is 0 Å². The summed E-state index contributed by atoms with van der Waals surface area (Å²) in [4.78, 5) is 4.11. The summed E-state index contributed by atoms with van der Waals surface area (Å²) in [7, 11) is 0. The van der Waals surface area contributed by atoms with E-state index in [0.29, 0.717) is 23.1 Å². The molecule has 1 aromatic rings. The first-order valence-corrected chi connectivity index (χ1v) is 6.34. The van der Waals surface area contributed by atoms with Gasteiger partial charge in [0, 0.05) is 12.7 Å². The maximum absolute atomic E-state index is 10.3. The van der Waals surface area contributed by atoms with Crippen molar-refractivity contribution in [2.45, 2.75) is 37.7 Å². The molecule has 0 saturated heterocycles. The van der Waals surface area contributed by atoms with Crippen LogP contribution >= 0.6 is 11.6 Å².